The second-order valence-electron chi connectivity index (χ2n) is 2.36. The zero-order valence-corrected chi connectivity index (χ0v) is 8.08. The molecule has 0 aliphatic carbocycles. The van der Waals surface area contributed by atoms with Crippen LogP contribution in [0.25, 0.3) is 0 Å². The maximum atomic E-state index is 9.81. The molecule has 1 unspecified atom stereocenters. The first-order valence-electron chi connectivity index (χ1n) is 3.93. The molecule has 1 atom stereocenters. The normalized spacial score (nSPS) is 11.3. The summed E-state index contributed by atoms with van der Waals surface area (Å²) in [6.45, 7) is 1.73. The largest absolute Gasteiger partial charge is 0.480 e. The van der Waals surface area contributed by atoms with Crippen molar-refractivity contribution in [1.29, 1.82) is 0 Å². The number of aliphatic carboxylic acids is 3. The predicted molar refractivity (Wildman–Crippen MR) is 50.3 cm³/mol. The standard InChI is InChI=1S/C4H9NO2.C4H4O4/c1-2-3(5)4(6)7;5-3(6)1-2-4(7)8/h3H,2,5H2,1H3,(H,6,7);1-2H,(H,5,6)(H,7,8)/b;2-1+. The van der Waals surface area contributed by atoms with Crippen LogP contribution in [0.3, 0.4) is 0 Å². The van der Waals surface area contributed by atoms with Crippen LogP contribution in [0.1, 0.15) is 13.3 Å². The molecular formula is C8H13NO6. The average molecular weight is 219 g/mol. The van der Waals surface area contributed by atoms with Gasteiger partial charge in [0.05, 0.1) is 0 Å². The van der Waals surface area contributed by atoms with Crippen LogP contribution in [-0.4, -0.2) is 39.3 Å². The summed E-state index contributed by atoms with van der Waals surface area (Å²) < 4.78 is 0. The minimum Gasteiger partial charge on any atom is -0.480 e. The van der Waals surface area contributed by atoms with Gasteiger partial charge in [0.15, 0.2) is 0 Å². The Morgan fingerprint density at radius 2 is 1.47 bits per heavy atom. The van der Waals surface area contributed by atoms with E-state index in [4.69, 9.17) is 21.1 Å². The summed E-state index contributed by atoms with van der Waals surface area (Å²) in [6.07, 6.45) is 1.61. The number of nitrogens with two attached hydrogens (primary N) is 1. The lowest BCUT2D eigenvalue weighted by molar-refractivity contribution is -0.138. The SMILES string of the molecule is CCC(N)C(=O)O.O=C(O)/C=C/C(=O)O. The molecule has 0 heterocycles. The summed E-state index contributed by atoms with van der Waals surface area (Å²) in [6, 6.07) is -0.681. The van der Waals surface area contributed by atoms with Gasteiger partial charge in [-0.3, -0.25) is 4.79 Å². The van der Waals surface area contributed by atoms with Gasteiger partial charge in [0, 0.05) is 12.2 Å². The summed E-state index contributed by atoms with van der Waals surface area (Å²) in [5.74, 6) is -3.44. The van der Waals surface area contributed by atoms with Crippen LogP contribution in [0.4, 0.5) is 0 Å². The Bertz CT molecular complexity index is 244. The van der Waals surface area contributed by atoms with Gasteiger partial charge in [-0.15, -0.1) is 0 Å². The molecule has 0 aliphatic heterocycles. The molecule has 0 saturated heterocycles. The number of rotatable bonds is 4. The fourth-order valence-electron chi connectivity index (χ4n) is 0.317. The average Bonchev–Trinajstić information content (AvgIpc) is 2.14. The molecule has 0 fully saturated rings. The van der Waals surface area contributed by atoms with Crippen molar-refractivity contribution in [2.24, 2.45) is 5.73 Å². The van der Waals surface area contributed by atoms with E-state index in [9.17, 15) is 14.4 Å². The molecule has 0 bridgehead atoms. The summed E-state index contributed by atoms with van der Waals surface area (Å²) >= 11 is 0. The van der Waals surface area contributed by atoms with Crippen LogP contribution in [0.5, 0.6) is 0 Å². The Kier molecular flexibility index (Phi) is 9.03. The molecule has 7 heteroatoms. The minimum atomic E-state index is -1.26. The van der Waals surface area contributed by atoms with E-state index in [0.717, 1.165) is 0 Å². The maximum absolute atomic E-state index is 9.81. The monoisotopic (exact) mass is 219 g/mol. The molecule has 0 aromatic heterocycles. The second-order valence-corrected chi connectivity index (χ2v) is 2.36. The number of hydrogen-bond donors (Lipinski definition) is 4. The van der Waals surface area contributed by atoms with E-state index >= 15 is 0 Å². The first kappa shape index (κ1) is 15.6. The van der Waals surface area contributed by atoms with Crippen molar-refractivity contribution in [3.63, 3.8) is 0 Å². The number of carboxylic acids is 3. The predicted octanol–water partition coefficient (Wildman–Crippen LogP) is -0.480. The molecule has 86 valence electrons. The zero-order valence-electron chi connectivity index (χ0n) is 8.08. The lowest BCUT2D eigenvalue weighted by Gasteiger charge is -1.97. The molecule has 0 aromatic carbocycles. The highest BCUT2D eigenvalue weighted by atomic mass is 16.4. The highest BCUT2D eigenvalue weighted by Crippen LogP contribution is 1.82. The van der Waals surface area contributed by atoms with Crippen molar-refractivity contribution in [3.8, 4) is 0 Å². The third-order valence-electron chi connectivity index (χ3n) is 1.13. The second kappa shape index (κ2) is 8.70. The van der Waals surface area contributed by atoms with Gasteiger partial charge in [0.1, 0.15) is 6.04 Å². The van der Waals surface area contributed by atoms with Gasteiger partial charge in [0.2, 0.25) is 0 Å². The molecule has 0 amide bonds. The Morgan fingerprint density at radius 1 is 1.13 bits per heavy atom. The summed E-state index contributed by atoms with van der Waals surface area (Å²) in [7, 11) is 0. The van der Waals surface area contributed by atoms with Gasteiger partial charge in [-0.1, -0.05) is 6.92 Å². The van der Waals surface area contributed by atoms with Crippen molar-refractivity contribution in [3.05, 3.63) is 12.2 Å². The molecule has 7 nitrogen and oxygen atoms in total. The molecule has 0 aromatic rings. The molecule has 0 radical (unpaired) electrons. The van der Waals surface area contributed by atoms with E-state index in [1.165, 1.54) is 0 Å². The zero-order chi connectivity index (χ0) is 12.4. The maximum Gasteiger partial charge on any atom is 0.328 e. The Morgan fingerprint density at radius 3 is 1.53 bits per heavy atom. The van der Waals surface area contributed by atoms with Crippen LogP contribution >= 0.6 is 0 Å². The third kappa shape index (κ3) is 14.9. The Hall–Kier alpha value is -1.89. The number of carbonyl (C=O) groups is 3. The Balaban J connectivity index is 0. The van der Waals surface area contributed by atoms with Crippen LogP contribution < -0.4 is 5.73 Å². The van der Waals surface area contributed by atoms with Gasteiger partial charge >= 0.3 is 17.9 Å². The molecule has 0 saturated carbocycles. The van der Waals surface area contributed by atoms with Crippen LogP contribution in [0.15, 0.2) is 12.2 Å². The van der Waals surface area contributed by atoms with Crippen LogP contribution in [0, 0.1) is 0 Å². The van der Waals surface area contributed by atoms with Crippen molar-refractivity contribution in [1.82, 2.24) is 0 Å². The van der Waals surface area contributed by atoms with Crippen LogP contribution in [0.2, 0.25) is 0 Å². The molecule has 5 N–H and O–H groups in total. The Labute approximate surface area is 85.8 Å². The number of carboxylic acid groups (broad SMARTS) is 3. The van der Waals surface area contributed by atoms with E-state index in [1.54, 1.807) is 6.92 Å². The molecule has 15 heavy (non-hydrogen) atoms. The number of hydrogen-bond acceptors (Lipinski definition) is 4. The molecule has 0 rings (SSSR count). The lowest BCUT2D eigenvalue weighted by Crippen LogP contribution is -2.28. The highest BCUT2D eigenvalue weighted by Gasteiger charge is 2.05. The fraction of sp³-hybridized carbons (Fsp3) is 0.375. The van der Waals surface area contributed by atoms with E-state index in [1.807, 2.05) is 0 Å². The first-order chi connectivity index (χ1) is 6.81. The van der Waals surface area contributed by atoms with Gasteiger partial charge in [0.25, 0.3) is 0 Å². The summed E-state index contributed by atoms with van der Waals surface area (Å²) in [4.78, 5) is 28.9. The minimum absolute atomic E-state index is 0.495. The first-order valence-corrected chi connectivity index (χ1v) is 3.93. The van der Waals surface area contributed by atoms with Crippen molar-refractivity contribution >= 4 is 17.9 Å². The molecule has 0 spiro atoms. The lowest BCUT2D eigenvalue weighted by atomic mass is 10.2. The smallest absolute Gasteiger partial charge is 0.328 e. The fourth-order valence-corrected chi connectivity index (χ4v) is 0.317. The van der Waals surface area contributed by atoms with Gasteiger partial charge in [-0.25, -0.2) is 9.59 Å². The van der Waals surface area contributed by atoms with Crippen molar-refractivity contribution in [2.45, 2.75) is 19.4 Å². The van der Waals surface area contributed by atoms with Gasteiger partial charge in [-0.05, 0) is 6.42 Å². The van der Waals surface area contributed by atoms with E-state index < -0.39 is 23.9 Å². The van der Waals surface area contributed by atoms with Crippen LogP contribution in [-0.2, 0) is 14.4 Å². The van der Waals surface area contributed by atoms with Gasteiger partial charge < -0.3 is 21.1 Å². The highest BCUT2D eigenvalue weighted by molar-refractivity contribution is 5.89. The van der Waals surface area contributed by atoms with Crippen molar-refractivity contribution in [2.75, 3.05) is 0 Å². The van der Waals surface area contributed by atoms with Crippen molar-refractivity contribution < 1.29 is 29.7 Å². The summed E-state index contributed by atoms with van der Waals surface area (Å²) in [5, 5.41) is 23.7. The quantitative estimate of drug-likeness (QED) is 0.468. The van der Waals surface area contributed by atoms with E-state index in [0.29, 0.717) is 18.6 Å². The van der Waals surface area contributed by atoms with E-state index in [2.05, 4.69) is 0 Å². The van der Waals surface area contributed by atoms with Gasteiger partial charge in [-0.2, -0.15) is 0 Å². The van der Waals surface area contributed by atoms with E-state index in [-0.39, 0.29) is 0 Å². The topological polar surface area (TPSA) is 138 Å². The molecule has 0 aliphatic rings. The molecular weight excluding hydrogens is 206 g/mol. The third-order valence-corrected chi connectivity index (χ3v) is 1.13. The summed E-state index contributed by atoms with van der Waals surface area (Å²) in [5.41, 5.74) is 5.02.